The summed E-state index contributed by atoms with van der Waals surface area (Å²) in [4.78, 5) is 33.0. The molecule has 0 heterocycles. The molecule has 2 rings (SSSR count). The second-order valence-electron chi connectivity index (χ2n) is 5.01. The van der Waals surface area contributed by atoms with Gasteiger partial charge in [0.1, 0.15) is 0 Å². The van der Waals surface area contributed by atoms with Crippen molar-refractivity contribution in [3.8, 4) is 11.5 Å². The number of hydrogen-bond donors (Lipinski definition) is 1. The Kier molecular flexibility index (Phi) is 5.99. The molecule has 2 aromatic carbocycles. The molecular formula is C17H15N3O6. The van der Waals surface area contributed by atoms with Crippen LogP contribution >= 0.6 is 0 Å². The van der Waals surface area contributed by atoms with Crippen LogP contribution in [-0.4, -0.2) is 30.1 Å². The monoisotopic (exact) mass is 357 g/mol. The van der Waals surface area contributed by atoms with Crippen molar-refractivity contribution in [2.24, 2.45) is 5.10 Å². The van der Waals surface area contributed by atoms with Crippen molar-refractivity contribution in [2.75, 3.05) is 7.11 Å². The molecule has 0 saturated heterocycles. The molecule has 0 unspecified atom stereocenters. The van der Waals surface area contributed by atoms with Crippen LogP contribution in [0.1, 0.15) is 22.8 Å². The molecule has 0 bridgehead atoms. The van der Waals surface area contributed by atoms with E-state index in [2.05, 4.69) is 10.5 Å². The predicted octanol–water partition coefficient (Wildman–Crippen LogP) is 2.29. The van der Waals surface area contributed by atoms with Crippen molar-refractivity contribution in [1.29, 1.82) is 0 Å². The minimum Gasteiger partial charge on any atom is -0.493 e. The number of esters is 1. The maximum atomic E-state index is 11.9. The fourth-order valence-corrected chi connectivity index (χ4v) is 1.97. The average molecular weight is 357 g/mol. The molecule has 0 aliphatic rings. The summed E-state index contributed by atoms with van der Waals surface area (Å²) in [7, 11) is 1.43. The molecule has 0 atom stereocenters. The summed E-state index contributed by atoms with van der Waals surface area (Å²) in [6, 6.07) is 9.89. The second kappa shape index (κ2) is 8.38. The molecule has 1 N–H and O–H groups in total. The number of amides is 1. The quantitative estimate of drug-likeness (QED) is 0.278. The minimum absolute atomic E-state index is 0.106. The zero-order valence-electron chi connectivity index (χ0n) is 14.0. The summed E-state index contributed by atoms with van der Waals surface area (Å²) in [5.74, 6) is -0.377. The van der Waals surface area contributed by atoms with Crippen molar-refractivity contribution in [1.82, 2.24) is 5.43 Å². The van der Waals surface area contributed by atoms with E-state index in [1.54, 1.807) is 18.2 Å². The highest BCUT2D eigenvalue weighted by atomic mass is 16.6. The Bertz CT molecular complexity index is 861. The number of carbonyl (C=O) groups excluding carboxylic acids is 2. The number of hydrogen-bond acceptors (Lipinski definition) is 7. The number of benzene rings is 2. The molecule has 0 spiro atoms. The molecule has 0 aliphatic carbocycles. The number of non-ortho nitro benzene ring substituents is 1. The number of methoxy groups -OCH3 is 1. The highest BCUT2D eigenvalue weighted by Gasteiger charge is 2.09. The van der Waals surface area contributed by atoms with E-state index in [9.17, 15) is 19.7 Å². The summed E-state index contributed by atoms with van der Waals surface area (Å²) in [6.45, 7) is 1.28. The van der Waals surface area contributed by atoms with Gasteiger partial charge >= 0.3 is 5.97 Å². The van der Waals surface area contributed by atoms with E-state index < -0.39 is 16.8 Å². The topological polar surface area (TPSA) is 120 Å². The van der Waals surface area contributed by atoms with Crippen molar-refractivity contribution in [3.05, 3.63) is 63.7 Å². The Labute approximate surface area is 148 Å². The van der Waals surface area contributed by atoms with E-state index in [4.69, 9.17) is 9.47 Å². The summed E-state index contributed by atoms with van der Waals surface area (Å²) in [5.41, 5.74) is 3.04. The molecule has 0 saturated carbocycles. The van der Waals surface area contributed by atoms with Crippen LogP contribution < -0.4 is 14.9 Å². The van der Waals surface area contributed by atoms with Crippen LogP contribution in [-0.2, 0) is 4.79 Å². The van der Waals surface area contributed by atoms with Crippen molar-refractivity contribution in [2.45, 2.75) is 6.92 Å². The van der Waals surface area contributed by atoms with Crippen LogP contribution in [0.25, 0.3) is 0 Å². The Hall–Kier alpha value is -3.75. The van der Waals surface area contributed by atoms with Gasteiger partial charge in [-0.3, -0.25) is 19.7 Å². The van der Waals surface area contributed by atoms with Gasteiger partial charge in [-0.2, -0.15) is 5.10 Å². The van der Waals surface area contributed by atoms with Crippen molar-refractivity contribution >= 4 is 23.8 Å². The zero-order chi connectivity index (χ0) is 19.1. The number of ether oxygens (including phenoxy) is 2. The van der Waals surface area contributed by atoms with Gasteiger partial charge in [-0.25, -0.2) is 5.43 Å². The van der Waals surface area contributed by atoms with E-state index in [0.29, 0.717) is 11.3 Å². The van der Waals surface area contributed by atoms with E-state index in [0.717, 1.165) is 0 Å². The molecule has 9 nitrogen and oxygen atoms in total. The number of hydrazone groups is 1. The third-order valence-electron chi connectivity index (χ3n) is 3.16. The number of rotatable bonds is 6. The van der Waals surface area contributed by atoms with Crippen LogP contribution in [0.2, 0.25) is 0 Å². The summed E-state index contributed by atoms with van der Waals surface area (Å²) >= 11 is 0. The summed E-state index contributed by atoms with van der Waals surface area (Å²) in [6.07, 6.45) is 1.38. The number of nitro benzene ring substituents is 1. The van der Waals surface area contributed by atoms with Gasteiger partial charge in [0.15, 0.2) is 11.5 Å². The van der Waals surface area contributed by atoms with Gasteiger partial charge in [0.2, 0.25) is 0 Å². The fourth-order valence-electron chi connectivity index (χ4n) is 1.97. The van der Waals surface area contributed by atoms with E-state index in [1.165, 1.54) is 44.5 Å². The molecule has 0 fully saturated rings. The smallest absolute Gasteiger partial charge is 0.308 e. The third kappa shape index (κ3) is 4.87. The molecule has 0 radical (unpaired) electrons. The molecule has 26 heavy (non-hydrogen) atoms. The number of nitrogens with one attached hydrogen (secondary N) is 1. The van der Waals surface area contributed by atoms with Gasteiger partial charge in [-0.15, -0.1) is 0 Å². The SMILES string of the molecule is COc1cc(/C=N/NC(=O)c2ccc([N+](=O)[O-])cc2)ccc1OC(C)=O. The summed E-state index contributed by atoms with van der Waals surface area (Å²) < 4.78 is 10.1. The van der Waals surface area contributed by atoms with Crippen LogP contribution in [0.5, 0.6) is 11.5 Å². The first-order valence-corrected chi connectivity index (χ1v) is 7.35. The van der Waals surface area contributed by atoms with Crippen molar-refractivity contribution in [3.63, 3.8) is 0 Å². The molecule has 0 aliphatic heterocycles. The van der Waals surface area contributed by atoms with E-state index >= 15 is 0 Å². The molecular weight excluding hydrogens is 342 g/mol. The molecule has 0 aromatic heterocycles. The van der Waals surface area contributed by atoms with Gasteiger partial charge < -0.3 is 9.47 Å². The first kappa shape index (κ1) is 18.6. The highest BCUT2D eigenvalue weighted by molar-refractivity contribution is 5.95. The average Bonchev–Trinajstić information content (AvgIpc) is 2.62. The van der Waals surface area contributed by atoms with Gasteiger partial charge in [0, 0.05) is 24.6 Å². The highest BCUT2D eigenvalue weighted by Crippen LogP contribution is 2.27. The lowest BCUT2D eigenvalue weighted by atomic mass is 10.2. The number of carbonyl (C=O) groups is 2. The molecule has 1 amide bonds. The third-order valence-corrected chi connectivity index (χ3v) is 3.16. The normalized spacial score (nSPS) is 10.4. The minimum atomic E-state index is -0.549. The van der Waals surface area contributed by atoms with Gasteiger partial charge in [0.25, 0.3) is 11.6 Å². The van der Waals surface area contributed by atoms with Gasteiger partial charge in [0.05, 0.1) is 18.2 Å². The Morgan fingerprint density at radius 2 is 1.85 bits per heavy atom. The first-order valence-electron chi connectivity index (χ1n) is 7.35. The lowest BCUT2D eigenvalue weighted by Gasteiger charge is -2.08. The summed E-state index contributed by atoms with van der Waals surface area (Å²) in [5, 5.41) is 14.4. The molecule has 134 valence electrons. The lowest BCUT2D eigenvalue weighted by Crippen LogP contribution is -2.17. The zero-order valence-corrected chi connectivity index (χ0v) is 14.0. The fraction of sp³-hybridized carbons (Fsp3) is 0.118. The second-order valence-corrected chi connectivity index (χ2v) is 5.01. The van der Waals surface area contributed by atoms with Crippen LogP contribution in [0.15, 0.2) is 47.6 Å². The largest absolute Gasteiger partial charge is 0.493 e. The first-order chi connectivity index (χ1) is 12.4. The Balaban J connectivity index is 2.04. The van der Waals surface area contributed by atoms with Crippen molar-refractivity contribution < 1.29 is 24.0 Å². The van der Waals surface area contributed by atoms with Crippen LogP contribution in [0.4, 0.5) is 5.69 Å². The lowest BCUT2D eigenvalue weighted by molar-refractivity contribution is -0.384. The van der Waals surface area contributed by atoms with Gasteiger partial charge in [-0.05, 0) is 35.9 Å². The van der Waals surface area contributed by atoms with Gasteiger partial charge in [-0.1, -0.05) is 0 Å². The standard InChI is InChI=1S/C17H15N3O6/c1-11(21)26-15-8-3-12(9-16(15)25-2)10-18-19-17(22)13-4-6-14(7-5-13)20(23)24/h3-10H,1-2H3,(H,19,22)/b18-10+. The van der Waals surface area contributed by atoms with E-state index in [-0.39, 0.29) is 17.0 Å². The molecule has 9 heteroatoms. The maximum absolute atomic E-state index is 11.9. The molecule has 2 aromatic rings. The van der Waals surface area contributed by atoms with Crippen LogP contribution in [0, 0.1) is 10.1 Å². The maximum Gasteiger partial charge on any atom is 0.308 e. The Morgan fingerprint density at radius 1 is 1.15 bits per heavy atom. The number of nitrogens with zero attached hydrogens (tertiary/aromatic N) is 2. The predicted molar refractivity (Wildman–Crippen MR) is 92.5 cm³/mol. The van der Waals surface area contributed by atoms with E-state index in [1.807, 2.05) is 0 Å². The number of nitro groups is 1. The van der Waals surface area contributed by atoms with Crippen LogP contribution in [0.3, 0.4) is 0 Å². The Morgan fingerprint density at radius 3 is 2.42 bits per heavy atom.